The second-order valence-electron chi connectivity index (χ2n) is 6.80. The molecule has 2 saturated heterocycles. The smallest absolute Gasteiger partial charge is 0.228 e. The minimum absolute atomic E-state index is 0.258. The van der Waals surface area contributed by atoms with Gasteiger partial charge in [0, 0.05) is 51.2 Å². The lowest BCUT2D eigenvalue weighted by Crippen LogP contribution is -2.54. The second kappa shape index (κ2) is 6.93. The Labute approximate surface area is 143 Å². The molecular formula is C17H26N4O3. The van der Waals surface area contributed by atoms with Gasteiger partial charge in [0.15, 0.2) is 0 Å². The van der Waals surface area contributed by atoms with Crippen LogP contribution in [-0.4, -0.2) is 67.3 Å². The van der Waals surface area contributed by atoms with E-state index in [9.17, 15) is 4.79 Å². The van der Waals surface area contributed by atoms with Gasteiger partial charge >= 0.3 is 0 Å². The molecule has 2 aliphatic heterocycles. The molecule has 0 spiro atoms. The summed E-state index contributed by atoms with van der Waals surface area (Å²) in [6.45, 7) is 8.25. The Kier molecular flexibility index (Phi) is 4.89. The molecule has 0 N–H and O–H groups in total. The minimum atomic E-state index is -0.274. The van der Waals surface area contributed by atoms with Crippen LogP contribution in [0, 0.1) is 12.3 Å². The van der Waals surface area contributed by atoms with Gasteiger partial charge in [0.1, 0.15) is 0 Å². The van der Waals surface area contributed by atoms with E-state index in [0.717, 1.165) is 31.6 Å². The predicted molar refractivity (Wildman–Crippen MR) is 90.3 cm³/mol. The number of aryl methyl sites for hydroxylation is 1. The lowest BCUT2D eigenvalue weighted by atomic mass is 9.81. The molecule has 0 aromatic carbocycles. The van der Waals surface area contributed by atoms with Gasteiger partial charge in [-0.25, -0.2) is 4.98 Å². The van der Waals surface area contributed by atoms with Crippen molar-refractivity contribution in [2.75, 3.05) is 51.4 Å². The van der Waals surface area contributed by atoms with Crippen LogP contribution in [-0.2, 0) is 9.53 Å². The molecule has 0 aliphatic carbocycles. The summed E-state index contributed by atoms with van der Waals surface area (Å²) < 4.78 is 10.6. The van der Waals surface area contributed by atoms with Crippen LogP contribution in [0.4, 0.5) is 5.95 Å². The highest BCUT2D eigenvalue weighted by Crippen LogP contribution is 2.32. The minimum Gasteiger partial charge on any atom is -0.481 e. The zero-order valence-electron chi connectivity index (χ0n) is 14.7. The second-order valence-corrected chi connectivity index (χ2v) is 6.80. The van der Waals surface area contributed by atoms with Crippen molar-refractivity contribution >= 4 is 11.9 Å². The number of methoxy groups -OCH3 is 1. The Morgan fingerprint density at radius 2 is 1.88 bits per heavy atom. The molecule has 3 rings (SSSR count). The Hall–Kier alpha value is -1.89. The molecule has 1 aromatic heterocycles. The summed E-state index contributed by atoms with van der Waals surface area (Å²) in [5.41, 5.74) is 0.605. The number of aromatic nitrogens is 2. The SMILES string of the molecule is COc1cc(C)nc(N2CCN(C(=O)C3(C)CCOCC3)CC2)n1. The number of piperazine rings is 1. The molecule has 0 saturated carbocycles. The zero-order valence-corrected chi connectivity index (χ0v) is 14.7. The van der Waals surface area contributed by atoms with Gasteiger partial charge in [0.25, 0.3) is 0 Å². The van der Waals surface area contributed by atoms with E-state index in [1.165, 1.54) is 0 Å². The van der Waals surface area contributed by atoms with Crippen LogP contribution >= 0.6 is 0 Å². The molecular weight excluding hydrogens is 308 g/mol. The molecule has 3 heterocycles. The van der Waals surface area contributed by atoms with Gasteiger partial charge in [-0.1, -0.05) is 6.92 Å². The number of rotatable bonds is 3. The Morgan fingerprint density at radius 3 is 2.50 bits per heavy atom. The number of amides is 1. The highest BCUT2D eigenvalue weighted by atomic mass is 16.5. The first-order valence-electron chi connectivity index (χ1n) is 8.53. The third-order valence-corrected chi connectivity index (χ3v) is 4.99. The highest BCUT2D eigenvalue weighted by molar-refractivity contribution is 5.82. The summed E-state index contributed by atoms with van der Waals surface area (Å²) in [5, 5.41) is 0. The molecule has 0 bridgehead atoms. The van der Waals surface area contributed by atoms with Gasteiger partial charge in [-0.3, -0.25) is 4.79 Å². The van der Waals surface area contributed by atoms with E-state index >= 15 is 0 Å². The van der Waals surface area contributed by atoms with Crippen LogP contribution in [0.1, 0.15) is 25.5 Å². The maximum atomic E-state index is 12.9. The maximum Gasteiger partial charge on any atom is 0.228 e. The van der Waals surface area contributed by atoms with Crippen LogP contribution in [0.25, 0.3) is 0 Å². The summed E-state index contributed by atoms with van der Waals surface area (Å²) in [5.74, 6) is 1.51. The topological polar surface area (TPSA) is 67.8 Å². The number of carbonyl (C=O) groups excluding carboxylic acids is 1. The van der Waals surface area contributed by atoms with Crippen LogP contribution in [0.3, 0.4) is 0 Å². The van der Waals surface area contributed by atoms with E-state index in [0.29, 0.717) is 38.1 Å². The molecule has 0 radical (unpaired) electrons. The van der Waals surface area contributed by atoms with E-state index < -0.39 is 0 Å². The fraction of sp³-hybridized carbons (Fsp3) is 0.706. The predicted octanol–water partition coefficient (Wildman–Crippen LogP) is 1.26. The summed E-state index contributed by atoms with van der Waals surface area (Å²) in [6, 6.07) is 1.81. The number of nitrogens with zero attached hydrogens (tertiary/aromatic N) is 4. The Bertz CT molecular complexity index is 593. The Morgan fingerprint density at radius 1 is 1.21 bits per heavy atom. The molecule has 2 aliphatic rings. The van der Waals surface area contributed by atoms with Crippen LogP contribution in [0.15, 0.2) is 6.07 Å². The first-order chi connectivity index (χ1) is 11.5. The number of hydrogen-bond acceptors (Lipinski definition) is 6. The van der Waals surface area contributed by atoms with Crippen molar-refractivity contribution in [2.45, 2.75) is 26.7 Å². The lowest BCUT2D eigenvalue weighted by molar-refractivity contribution is -0.146. The largest absolute Gasteiger partial charge is 0.481 e. The molecule has 7 heteroatoms. The molecule has 7 nitrogen and oxygen atoms in total. The number of hydrogen-bond donors (Lipinski definition) is 0. The molecule has 2 fully saturated rings. The van der Waals surface area contributed by atoms with Crippen molar-refractivity contribution in [1.29, 1.82) is 0 Å². The van der Waals surface area contributed by atoms with Gasteiger partial charge in [-0.05, 0) is 19.8 Å². The van der Waals surface area contributed by atoms with Gasteiger partial charge in [0.05, 0.1) is 12.5 Å². The standard InChI is InChI=1S/C17H26N4O3/c1-13-12-14(23-3)19-16(18-13)21-8-6-20(7-9-21)15(22)17(2)4-10-24-11-5-17/h12H,4-11H2,1-3H3. The average Bonchev–Trinajstić information content (AvgIpc) is 2.61. The van der Waals surface area contributed by atoms with Gasteiger partial charge in [-0.15, -0.1) is 0 Å². The van der Waals surface area contributed by atoms with Crippen LogP contribution < -0.4 is 9.64 Å². The third-order valence-electron chi connectivity index (χ3n) is 4.99. The summed E-state index contributed by atoms with van der Waals surface area (Å²) >= 11 is 0. The van der Waals surface area contributed by atoms with Crippen LogP contribution in [0.2, 0.25) is 0 Å². The van der Waals surface area contributed by atoms with Crippen molar-refractivity contribution in [3.8, 4) is 5.88 Å². The van der Waals surface area contributed by atoms with Crippen molar-refractivity contribution in [2.24, 2.45) is 5.41 Å². The fourth-order valence-electron chi connectivity index (χ4n) is 3.30. The third kappa shape index (κ3) is 3.45. The van der Waals surface area contributed by atoms with Crippen LogP contribution in [0.5, 0.6) is 5.88 Å². The Balaban J connectivity index is 1.63. The fourth-order valence-corrected chi connectivity index (χ4v) is 3.30. The van der Waals surface area contributed by atoms with Gasteiger partial charge < -0.3 is 19.3 Å². The van der Waals surface area contributed by atoms with E-state index in [-0.39, 0.29) is 11.3 Å². The van der Waals surface area contributed by atoms with E-state index in [4.69, 9.17) is 9.47 Å². The quantitative estimate of drug-likeness (QED) is 0.829. The summed E-state index contributed by atoms with van der Waals surface area (Å²) in [4.78, 5) is 25.9. The lowest BCUT2D eigenvalue weighted by Gasteiger charge is -2.41. The van der Waals surface area contributed by atoms with Gasteiger partial charge in [-0.2, -0.15) is 4.98 Å². The maximum absolute atomic E-state index is 12.9. The first kappa shape index (κ1) is 17.0. The molecule has 1 aromatic rings. The molecule has 0 unspecified atom stereocenters. The number of carbonyl (C=O) groups is 1. The van der Waals surface area contributed by atoms with E-state index in [1.807, 2.05) is 17.9 Å². The monoisotopic (exact) mass is 334 g/mol. The number of ether oxygens (including phenoxy) is 2. The zero-order chi connectivity index (χ0) is 17.2. The average molecular weight is 334 g/mol. The number of anilines is 1. The van der Waals surface area contributed by atoms with Crippen molar-refractivity contribution in [1.82, 2.24) is 14.9 Å². The first-order valence-corrected chi connectivity index (χ1v) is 8.53. The van der Waals surface area contributed by atoms with E-state index in [1.54, 1.807) is 7.11 Å². The summed E-state index contributed by atoms with van der Waals surface area (Å²) in [6.07, 6.45) is 1.62. The molecule has 24 heavy (non-hydrogen) atoms. The highest BCUT2D eigenvalue weighted by Gasteiger charge is 2.39. The molecule has 132 valence electrons. The normalized spacial score (nSPS) is 20.8. The molecule has 1 amide bonds. The van der Waals surface area contributed by atoms with Gasteiger partial charge in [0.2, 0.25) is 17.7 Å². The van der Waals surface area contributed by atoms with Crippen molar-refractivity contribution < 1.29 is 14.3 Å². The van der Waals surface area contributed by atoms with Crippen molar-refractivity contribution in [3.63, 3.8) is 0 Å². The van der Waals surface area contributed by atoms with Crippen molar-refractivity contribution in [3.05, 3.63) is 11.8 Å². The van der Waals surface area contributed by atoms with E-state index in [2.05, 4.69) is 21.8 Å². The summed E-state index contributed by atoms with van der Waals surface area (Å²) in [7, 11) is 1.61. The molecule has 0 atom stereocenters.